The fraction of sp³-hybridized carbons (Fsp3) is 0.714. The number of carbonyl (C=O) groups is 1. The highest BCUT2D eigenvalue weighted by atomic mass is 16.1. The highest BCUT2D eigenvalue weighted by Gasteiger charge is 1.95. The van der Waals surface area contributed by atoms with Crippen LogP contribution in [0.4, 0.5) is 0 Å². The van der Waals surface area contributed by atoms with Crippen LogP contribution in [0.2, 0.25) is 0 Å². The van der Waals surface area contributed by atoms with E-state index in [1.54, 1.807) is 6.92 Å². The third-order valence-electron chi connectivity index (χ3n) is 1.14. The van der Waals surface area contributed by atoms with Gasteiger partial charge < -0.3 is 10.6 Å². The van der Waals surface area contributed by atoms with Gasteiger partial charge in [-0.2, -0.15) is 5.26 Å². The van der Waals surface area contributed by atoms with Crippen LogP contribution in [-0.4, -0.2) is 25.0 Å². The van der Waals surface area contributed by atoms with Crippen molar-refractivity contribution in [3.05, 3.63) is 0 Å². The Hall–Kier alpha value is -1.08. The highest BCUT2D eigenvalue weighted by Crippen LogP contribution is 1.73. The molecule has 0 aliphatic heterocycles. The van der Waals surface area contributed by atoms with Crippen LogP contribution in [0.25, 0.3) is 0 Å². The van der Waals surface area contributed by atoms with Crippen LogP contribution in [0.15, 0.2) is 0 Å². The zero-order valence-electron chi connectivity index (χ0n) is 6.85. The molecule has 0 saturated heterocycles. The summed E-state index contributed by atoms with van der Waals surface area (Å²) in [5.41, 5.74) is 0. The summed E-state index contributed by atoms with van der Waals surface area (Å²) in [6.07, 6.45) is 0. The first-order chi connectivity index (χ1) is 5.16. The third kappa shape index (κ3) is 6.81. The largest absolute Gasteiger partial charge is 0.355 e. The van der Waals surface area contributed by atoms with Gasteiger partial charge in [0.15, 0.2) is 0 Å². The predicted octanol–water partition coefficient (Wildman–Crippen LogP) is -0.376. The van der Waals surface area contributed by atoms with E-state index in [2.05, 4.69) is 10.6 Å². The van der Waals surface area contributed by atoms with Gasteiger partial charge in [0.2, 0.25) is 5.91 Å². The van der Waals surface area contributed by atoms with Gasteiger partial charge in [-0.25, -0.2) is 0 Å². The average molecular weight is 155 g/mol. The molecule has 0 aromatic heterocycles. The number of nitrogens with one attached hydrogen (secondary N) is 2. The van der Waals surface area contributed by atoms with E-state index in [9.17, 15) is 4.79 Å². The molecule has 1 unspecified atom stereocenters. The van der Waals surface area contributed by atoms with Gasteiger partial charge in [0.25, 0.3) is 0 Å². The minimum absolute atomic E-state index is 0.0450. The maximum absolute atomic E-state index is 10.4. The summed E-state index contributed by atoms with van der Waals surface area (Å²) < 4.78 is 0. The first kappa shape index (κ1) is 9.92. The highest BCUT2D eigenvalue weighted by molar-refractivity contribution is 5.72. The lowest BCUT2D eigenvalue weighted by atomic mass is 10.4. The predicted molar refractivity (Wildman–Crippen MR) is 41.8 cm³/mol. The second kappa shape index (κ2) is 5.69. The smallest absolute Gasteiger partial charge is 0.216 e. The van der Waals surface area contributed by atoms with Crippen molar-refractivity contribution >= 4 is 5.91 Å². The number of rotatable bonds is 4. The lowest BCUT2D eigenvalue weighted by molar-refractivity contribution is -0.118. The summed E-state index contributed by atoms with van der Waals surface area (Å²) >= 11 is 0. The molecule has 0 saturated carbocycles. The Labute approximate surface area is 66.6 Å². The van der Waals surface area contributed by atoms with Crippen molar-refractivity contribution < 1.29 is 4.79 Å². The van der Waals surface area contributed by atoms with Crippen LogP contribution in [0.1, 0.15) is 13.8 Å². The van der Waals surface area contributed by atoms with Crippen molar-refractivity contribution in [2.24, 2.45) is 0 Å². The molecule has 0 spiro atoms. The topological polar surface area (TPSA) is 64.9 Å². The zero-order chi connectivity index (χ0) is 8.69. The Morgan fingerprint density at radius 2 is 2.27 bits per heavy atom. The maximum atomic E-state index is 10.4. The number of nitrogens with zero attached hydrogens (tertiary/aromatic N) is 1. The second-order valence-corrected chi connectivity index (χ2v) is 2.29. The van der Waals surface area contributed by atoms with Gasteiger partial charge in [-0.3, -0.25) is 4.79 Å². The molecule has 0 bridgehead atoms. The summed E-state index contributed by atoms with van der Waals surface area (Å²) in [6.45, 7) is 4.44. The Morgan fingerprint density at radius 1 is 1.64 bits per heavy atom. The standard InChI is InChI=1S/C7H13N3O/c1-6(5-8)9-3-4-10-7(2)11/h6,9H,3-4H2,1-2H3,(H,10,11). The van der Waals surface area contributed by atoms with E-state index in [1.807, 2.05) is 6.07 Å². The zero-order valence-corrected chi connectivity index (χ0v) is 6.85. The Morgan fingerprint density at radius 3 is 2.73 bits per heavy atom. The van der Waals surface area contributed by atoms with Crippen molar-refractivity contribution in [3.8, 4) is 6.07 Å². The van der Waals surface area contributed by atoms with Crippen molar-refractivity contribution in [2.75, 3.05) is 13.1 Å². The molecule has 62 valence electrons. The van der Waals surface area contributed by atoms with Crippen molar-refractivity contribution in [1.29, 1.82) is 5.26 Å². The molecule has 0 aliphatic rings. The minimum atomic E-state index is -0.149. The fourth-order valence-corrected chi connectivity index (χ4v) is 0.573. The molecule has 1 amide bonds. The molecule has 2 N–H and O–H groups in total. The molecule has 1 atom stereocenters. The number of nitriles is 1. The van der Waals surface area contributed by atoms with E-state index in [-0.39, 0.29) is 11.9 Å². The van der Waals surface area contributed by atoms with E-state index in [0.717, 1.165) is 0 Å². The van der Waals surface area contributed by atoms with E-state index >= 15 is 0 Å². The van der Waals surface area contributed by atoms with Gasteiger partial charge >= 0.3 is 0 Å². The lowest BCUT2D eigenvalue weighted by Gasteiger charge is -2.05. The molecule has 4 nitrogen and oxygen atoms in total. The van der Waals surface area contributed by atoms with Crippen molar-refractivity contribution in [1.82, 2.24) is 10.6 Å². The van der Waals surface area contributed by atoms with E-state index in [1.165, 1.54) is 6.92 Å². The summed E-state index contributed by atoms with van der Waals surface area (Å²) in [6, 6.07) is 1.88. The first-order valence-corrected chi connectivity index (χ1v) is 3.54. The number of carbonyl (C=O) groups excluding carboxylic acids is 1. The monoisotopic (exact) mass is 155 g/mol. The number of hydrogen-bond donors (Lipinski definition) is 2. The van der Waals surface area contributed by atoms with Gasteiger partial charge in [-0.05, 0) is 6.92 Å². The van der Waals surface area contributed by atoms with Gasteiger partial charge in [-0.15, -0.1) is 0 Å². The normalized spacial score (nSPS) is 11.7. The number of amides is 1. The van der Waals surface area contributed by atoms with Crippen LogP contribution < -0.4 is 10.6 Å². The van der Waals surface area contributed by atoms with Gasteiger partial charge in [0, 0.05) is 20.0 Å². The van der Waals surface area contributed by atoms with Crippen LogP contribution in [0.5, 0.6) is 0 Å². The average Bonchev–Trinajstić information content (AvgIpc) is 1.97. The Balaban J connectivity index is 3.16. The van der Waals surface area contributed by atoms with Crippen LogP contribution >= 0.6 is 0 Å². The molecule has 11 heavy (non-hydrogen) atoms. The summed E-state index contributed by atoms with van der Waals surface area (Å²) in [7, 11) is 0. The van der Waals surface area contributed by atoms with Crippen LogP contribution in [0.3, 0.4) is 0 Å². The molecular weight excluding hydrogens is 142 g/mol. The molecule has 0 radical (unpaired) electrons. The summed E-state index contributed by atoms with van der Waals surface area (Å²) in [5.74, 6) is -0.0450. The van der Waals surface area contributed by atoms with E-state index < -0.39 is 0 Å². The lowest BCUT2D eigenvalue weighted by Crippen LogP contribution is -2.34. The molecule has 0 heterocycles. The Bertz CT molecular complexity index is 162. The summed E-state index contributed by atoms with van der Waals surface area (Å²) in [4.78, 5) is 10.4. The minimum Gasteiger partial charge on any atom is -0.355 e. The Kier molecular flexibility index (Phi) is 5.13. The quantitative estimate of drug-likeness (QED) is 0.544. The molecule has 0 rings (SSSR count). The van der Waals surface area contributed by atoms with E-state index in [4.69, 9.17) is 5.26 Å². The van der Waals surface area contributed by atoms with Crippen molar-refractivity contribution in [2.45, 2.75) is 19.9 Å². The molecule has 0 fully saturated rings. The number of hydrogen-bond acceptors (Lipinski definition) is 3. The van der Waals surface area contributed by atoms with Crippen molar-refractivity contribution in [3.63, 3.8) is 0 Å². The van der Waals surface area contributed by atoms with Crippen LogP contribution in [-0.2, 0) is 4.79 Å². The van der Waals surface area contributed by atoms with Gasteiger partial charge in [-0.1, -0.05) is 0 Å². The third-order valence-corrected chi connectivity index (χ3v) is 1.14. The SMILES string of the molecule is CC(=O)NCCNC(C)C#N. The fourth-order valence-electron chi connectivity index (χ4n) is 0.573. The van der Waals surface area contributed by atoms with E-state index in [0.29, 0.717) is 13.1 Å². The van der Waals surface area contributed by atoms with Gasteiger partial charge in [0.05, 0.1) is 12.1 Å². The molecule has 0 aromatic carbocycles. The molecule has 0 aromatic rings. The maximum Gasteiger partial charge on any atom is 0.216 e. The first-order valence-electron chi connectivity index (χ1n) is 3.54. The molecular formula is C7H13N3O. The molecule has 0 aliphatic carbocycles. The van der Waals surface area contributed by atoms with Gasteiger partial charge in [0.1, 0.15) is 0 Å². The van der Waals surface area contributed by atoms with Crippen LogP contribution in [0, 0.1) is 11.3 Å². The second-order valence-electron chi connectivity index (χ2n) is 2.29. The summed E-state index contributed by atoms with van der Waals surface area (Å²) in [5, 5.41) is 13.9. The molecule has 4 heteroatoms.